The molecule has 0 spiro atoms. The van der Waals surface area contributed by atoms with Crippen molar-refractivity contribution >= 4 is 22.9 Å². The van der Waals surface area contributed by atoms with Crippen LogP contribution in [0.1, 0.15) is 32.6 Å². The lowest BCUT2D eigenvalue weighted by Crippen LogP contribution is -2.37. The minimum atomic E-state index is 0.561. The van der Waals surface area contributed by atoms with Gasteiger partial charge in [-0.1, -0.05) is 32.4 Å². The average Bonchev–Trinajstić information content (AvgIpc) is 2.60. The summed E-state index contributed by atoms with van der Waals surface area (Å²) in [5, 5.41) is 3.53. The summed E-state index contributed by atoms with van der Waals surface area (Å²) in [6.45, 7) is 10.1. The molecule has 0 aliphatic heterocycles. The first-order valence-corrected chi connectivity index (χ1v) is 7.21. The van der Waals surface area contributed by atoms with Gasteiger partial charge in [-0.15, -0.1) is 11.3 Å². The fraction of sp³-hybridized carbons (Fsp3) is 0.692. The van der Waals surface area contributed by atoms with Crippen molar-refractivity contribution in [1.82, 2.24) is 5.32 Å². The van der Waals surface area contributed by atoms with Gasteiger partial charge in [-0.05, 0) is 43.9 Å². The maximum atomic E-state index is 5.97. The number of rotatable bonds is 6. The fourth-order valence-electron chi connectivity index (χ4n) is 2.16. The van der Waals surface area contributed by atoms with Crippen LogP contribution in [0.25, 0.3) is 0 Å². The van der Waals surface area contributed by atoms with Crippen LogP contribution in [0, 0.1) is 11.8 Å². The fourth-order valence-corrected chi connectivity index (χ4v) is 3.32. The van der Waals surface area contributed by atoms with E-state index in [2.05, 4.69) is 39.1 Å². The Kier molecular flexibility index (Phi) is 5.81. The highest BCUT2D eigenvalue weighted by molar-refractivity contribution is 7.16. The van der Waals surface area contributed by atoms with Crippen molar-refractivity contribution < 1.29 is 0 Å². The molecule has 1 N–H and O–H groups in total. The number of hydrogen-bond donors (Lipinski definition) is 1. The minimum Gasteiger partial charge on any atom is -0.314 e. The second-order valence-corrected chi connectivity index (χ2v) is 6.46. The van der Waals surface area contributed by atoms with Crippen molar-refractivity contribution in [3.8, 4) is 0 Å². The molecule has 1 rings (SSSR count). The Hall–Kier alpha value is -0.0500. The molecule has 92 valence electrons. The molecule has 16 heavy (non-hydrogen) atoms. The molecular formula is C13H22ClNS. The van der Waals surface area contributed by atoms with Crippen LogP contribution < -0.4 is 5.32 Å². The lowest BCUT2D eigenvalue weighted by molar-refractivity contribution is 0.293. The van der Waals surface area contributed by atoms with Gasteiger partial charge >= 0.3 is 0 Å². The van der Waals surface area contributed by atoms with Crippen LogP contribution in [0.3, 0.4) is 0 Å². The van der Waals surface area contributed by atoms with E-state index in [0.717, 1.165) is 17.3 Å². The summed E-state index contributed by atoms with van der Waals surface area (Å²) < 4.78 is 0.897. The Morgan fingerprint density at radius 1 is 1.31 bits per heavy atom. The zero-order valence-electron chi connectivity index (χ0n) is 10.6. The van der Waals surface area contributed by atoms with Gasteiger partial charge in [0.05, 0.1) is 4.34 Å². The van der Waals surface area contributed by atoms with Gasteiger partial charge in [0.25, 0.3) is 0 Å². The zero-order valence-corrected chi connectivity index (χ0v) is 12.2. The Morgan fingerprint density at radius 2 is 2.00 bits per heavy atom. The van der Waals surface area contributed by atoms with Crippen molar-refractivity contribution in [1.29, 1.82) is 0 Å². The Labute approximate surface area is 108 Å². The van der Waals surface area contributed by atoms with Crippen LogP contribution in [-0.4, -0.2) is 12.6 Å². The number of halogens is 1. The zero-order chi connectivity index (χ0) is 12.1. The predicted molar refractivity (Wildman–Crippen MR) is 74.5 cm³/mol. The maximum absolute atomic E-state index is 5.97. The summed E-state index contributed by atoms with van der Waals surface area (Å²) in [5.41, 5.74) is 0. The van der Waals surface area contributed by atoms with Crippen molar-refractivity contribution in [2.45, 2.75) is 40.2 Å². The highest BCUT2D eigenvalue weighted by Crippen LogP contribution is 2.27. The Bertz CT molecular complexity index is 309. The Morgan fingerprint density at radius 3 is 2.44 bits per heavy atom. The molecule has 1 aromatic rings. The molecule has 0 aromatic carbocycles. The minimum absolute atomic E-state index is 0.561. The van der Waals surface area contributed by atoms with Gasteiger partial charge in [-0.25, -0.2) is 0 Å². The number of thiophene rings is 1. The van der Waals surface area contributed by atoms with Crippen molar-refractivity contribution in [2.24, 2.45) is 11.8 Å². The largest absolute Gasteiger partial charge is 0.314 e. The van der Waals surface area contributed by atoms with Crippen LogP contribution in [0.4, 0.5) is 0 Å². The molecule has 0 fully saturated rings. The number of nitrogens with one attached hydrogen (secondary N) is 1. The molecule has 3 heteroatoms. The normalized spacial score (nSPS) is 15.4. The van der Waals surface area contributed by atoms with E-state index in [-0.39, 0.29) is 0 Å². The first kappa shape index (κ1) is 14.0. The van der Waals surface area contributed by atoms with Gasteiger partial charge in [0.15, 0.2) is 0 Å². The van der Waals surface area contributed by atoms with Crippen molar-refractivity contribution in [2.75, 3.05) is 6.54 Å². The molecule has 0 aliphatic carbocycles. The summed E-state index contributed by atoms with van der Waals surface area (Å²) >= 11 is 7.67. The summed E-state index contributed by atoms with van der Waals surface area (Å²) in [6.07, 6.45) is 1.13. The first-order valence-electron chi connectivity index (χ1n) is 6.02. The molecule has 0 amide bonds. The molecule has 0 aliphatic rings. The SMILES string of the molecule is CCNC(C)C(Cc1ccc(Cl)s1)C(C)C. The average molecular weight is 260 g/mol. The van der Waals surface area contributed by atoms with E-state index in [9.17, 15) is 0 Å². The summed E-state index contributed by atoms with van der Waals surface area (Å²) in [7, 11) is 0. The van der Waals surface area contributed by atoms with E-state index < -0.39 is 0 Å². The lowest BCUT2D eigenvalue weighted by atomic mass is 9.86. The van der Waals surface area contributed by atoms with E-state index in [0.29, 0.717) is 17.9 Å². The molecule has 2 unspecified atom stereocenters. The third-order valence-electron chi connectivity index (χ3n) is 3.09. The molecule has 0 bridgehead atoms. The highest BCUT2D eigenvalue weighted by Gasteiger charge is 2.21. The lowest BCUT2D eigenvalue weighted by Gasteiger charge is -2.27. The van der Waals surface area contributed by atoms with Crippen LogP contribution in [0.5, 0.6) is 0 Å². The summed E-state index contributed by atoms with van der Waals surface area (Å²) in [4.78, 5) is 1.40. The maximum Gasteiger partial charge on any atom is 0.0931 e. The molecule has 1 nitrogen and oxygen atoms in total. The van der Waals surface area contributed by atoms with E-state index in [1.807, 2.05) is 6.07 Å². The molecule has 1 heterocycles. The van der Waals surface area contributed by atoms with E-state index in [4.69, 9.17) is 11.6 Å². The highest BCUT2D eigenvalue weighted by atomic mass is 35.5. The van der Waals surface area contributed by atoms with E-state index in [1.165, 1.54) is 4.88 Å². The second kappa shape index (κ2) is 6.63. The van der Waals surface area contributed by atoms with Gasteiger partial charge in [0, 0.05) is 10.9 Å². The third kappa shape index (κ3) is 4.08. The molecule has 0 saturated heterocycles. The van der Waals surface area contributed by atoms with Gasteiger partial charge in [0.2, 0.25) is 0 Å². The van der Waals surface area contributed by atoms with Crippen LogP contribution in [-0.2, 0) is 6.42 Å². The van der Waals surface area contributed by atoms with Crippen LogP contribution in [0.2, 0.25) is 4.34 Å². The Balaban J connectivity index is 2.64. The summed E-state index contributed by atoms with van der Waals surface area (Å²) in [5.74, 6) is 1.37. The number of hydrogen-bond acceptors (Lipinski definition) is 2. The topological polar surface area (TPSA) is 12.0 Å². The monoisotopic (exact) mass is 259 g/mol. The van der Waals surface area contributed by atoms with Gasteiger partial charge in [-0.3, -0.25) is 0 Å². The predicted octanol–water partition coefficient (Wildman–Crippen LogP) is 4.21. The summed E-state index contributed by atoms with van der Waals surface area (Å²) in [6, 6.07) is 4.71. The third-order valence-corrected chi connectivity index (χ3v) is 4.34. The second-order valence-electron chi connectivity index (χ2n) is 4.66. The van der Waals surface area contributed by atoms with E-state index in [1.54, 1.807) is 11.3 Å². The van der Waals surface area contributed by atoms with Gasteiger partial charge in [-0.2, -0.15) is 0 Å². The van der Waals surface area contributed by atoms with Crippen LogP contribution >= 0.6 is 22.9 Å². The standard InChI is InChI=1S/C13H22ClNS/c1-5-15-10(4)12(9(2)3)8-11-6-7-13(14)16-11/h6-7,9-10,12,15H,5,8H2,1-4H3. The van der Waals surface area contributed by atoms with Crippen molar-refractivity contribution in [3.05, 3.63) is 21.3 Å². The molecule has 0 saturated carbocycles. The molecule has 0 radical (unpaired) electrons. The van der Waals surface area contributed by atoms with E-state index >= 15 is 0 Å². The smallest absolute Gasteiger partial charge is 0.0931 e. The van der Waals surface area contributed by atoms with Crippen LogP contribution in [0.15, 0.2) is 12.1 Å². The van der Waals surface area contributed by atoms with Crippen molar-refractivity contribution in [3.63, 3.8) is 0 Å². The van der Waals surface area contributed by atoms with Gasteiger partial charge < -0.3 is 5.32 Å². The first-order chi connectivity index (χ1) is 7.54. The molecule has 1 aromatic heterocycles. The molecule has 2 atom stereocenters. The molecular weight excluding hydrogens is 238 g/mol. The quantitative estimate of drug-likeness (QED) is 0.807. The van der Waals surface area contributed by atoms with Gasteiger partial charge in [0.1, 0.15) is 0 Å².